The van der Waals surface area contributed by atoms with Gasteiger partial charge in [0.1, 0.15) is 5.78 Å². The van der Waals surface area contributed by atoms with Gasteiger partial charge in [0.05, 0.1) is 0 Å². The summed E-state index contributed by atoms with van der Waals surface area (Å²) in [6, 6.07) is 10.6. The summed E-state index contributed by atoms with van der Waals surface area (Å²) in [5, 5.41) is 3.31. The van der Waals surface area contributed by atoms with E-state index in [0.717, 1.165) is 6.54 Å². The van der Waals surface area contributed by atoms with Crippen molar-refractivity contribution in [3.63, 3.8) is 0 Å². The van der Waals surface area contributed by atoms with Crippen molar-refractivity contribution >= 4 is 5.78 Å². The Morgan fingerprint density at radius 3 is 2.57 bits per heavy atom. The Morgan fingerprint density at radius 1 is 1.36 bits per heavy atom. The van der Waals surface area contributed by atoms with Crippen molar-refractivity contribution < 1.29 is 4.79 Å². The van der Waals surface area contributed by atoms with E-state index in [1.54, 1.807) is 6.92 Å². The van der Waals surface area contributed by atoms with Crippen LogP contribution in [0.4, 0.5) is 0 Å². The first-order valence-electron chi connectivity index (χ1n) is 4.98. The summed E-state index contributed by atoms with van der Waals surface area (Å²) in [6.07, 6.45) is 0.608. The number of rotatable bonds is 5. The molecule has 1 aromatic rings. The fourth-order valence-corrected chi connectivity index (χ4v) is 1.32. The number of ketones is 1. The van der Waals surface area contributed by atoms with Crippen LogP contribution < -0.4 is 5.32 Å². The lowest BCUT2D eigenvalue weighted by atomic mass is 10.1. The van der Waals surface area contributed by atoms with Crippen molar-refractivity contribution in [3.05, 3.63) is 35.9 Å². The van der Waals surface area contributed by atoms with Gasteiger partial charge in [-0.3, -0.25) is 4.79 Å². The predicted molar refractivity (Wildman–Crippen MR) is 58.2 cm³/mol. The van der Waals surface area contributed by atoms with Crippen LogP contribution in [-0.4, -0.2) is 12.3 Å². The van der Waals surface area contributed by atoms with Crippen molar-refractivity contribution in [1.82, 2.24) is 5.32 Å². The van der Waals surface area contributed by atoms with Crippen molar-refractivity contribution in [1.29, 1.82) is 0 Å². The van der Waals surface area contributed by atoms with E-state index in [9.17, 15) is 4.79 Å². The Kier molecular flexibility index (Phi) is 4.33. The van der Waals surface area contributed by atoms with E-state index in [0.29, 0.717) is 12.5 Å². The van der Waals surface area contributed by atoms with Gasteiger partial charge in [0, 0.05) is 19.0 Å². The molecule has 0 spiro atoms. The molecule has 14 heavy (non-hydrogen) atoms. The molecule has 0 aliphatic heterocycles. The van der Waals surface area contributed by atoms with Crippen LogP contribution in [0, 0.1) is 0 Å². The molecule has 1 aromatic carbocycles. The molecule has 0 saturated carbocycles. The van der Waals surface area contributed by atoms with Gasteiger partial charge < -0.3 is 5.32 Å². The van der Waals surface area contributed by atoms with E-state index in [1.807, 2.05) is 18.2 Å². The average Bonchev–Trinajstić information content (AvgIpc) is 2.18. The molecular weight excluding hydrogens is 174 g/mol. The van der Waals surface area contributed by atoms with Gasteiger partial charge >= 0.3 is 0 Å². The van der Waals surface area contributed by atoms with Crippen LogP contribution in [0.1, 0.15) is 31.9 Å². The van der Waals surface area contributed by atoms with Gasteiger partial charge in [-0.15, -0.1) is 0 Å². The van der Waals surface area contributed by atoms with Crippen LogP contribution in [0.5, 0.6) is 0 Å². The van der Waals surface area contributed by atoms with Crippen LogP contribution in [0.15, 0.2) is 30.3 Å². The molecule has 0 fully saturated rings. The van der Waals surface area contributed by atoms with Crippen molar-refractivity contribution in [3.8, 4) is 0 Å². The van der Waals surface area contributed by atoms with Gasteiger partial charge in [-0.2, -0.15) is 0 Å². The maximum atomic E-state index is 10.7. The molecule has 76 valence electrons. The van der Waals surface area contributed by atoms with E-state index in [-0.39, 0.29) is 5.78 Å². The summed E-state index contributed by atoms with van der Waals surface area (Å²) in [7, 11) is 0. The topological polar surface area (TPSA) is 29.1 Å². The normalized spacial score (nSPS) is 12.4. The number of benzene rings is 1. The summed E-state index contributed by atoms with van der Waals surface area (Å²) in [6.45, 7) is 4.48. The highest BCUT2D eigenvalue weighted by Crippen LogP contribution is 2.10. The number of carbonyl (C=O) groups is 1. The van der Waals surface area contributed by atoms with E-state index < -0.39 is 0 Å². The summed E-state index contributed by atoms with van der Waals surface area (Å²) in [5.41, 5.74) is 1.26. The molecule has 1 N–H and O–H groups in total. The molecular formula is C12H17NO. The lowest BCUT2D eigenvalue weighted by Crippen LogP contribution is -2.21. The van der Waals surface area contributed by atoms with Crippen LogP contribution in [0.3, 0.4) is 0 Å². The Balaban J connectivity index is 2.36. The lowest BCUT2D eigenvalue weighted by Gasteiger charge is -2.13. The third kappa shape index (κ3) is 3.71. The molecule has 2 heteroatoms. The first kappa shape index (κ1) is 10.9. The molecule has 1 rings (SSSR count). The number of hydrogen-bond acceptors (Lipinski definition) is 2. The zero-order chi connectivity index (χ0) is 10.4. The fourth-order valence-electron chi connectivity index (χ4n) is 1.32. The average molecular weight is 191 g/mol. The molecule has 0 radical (unpaired) electrons. The quantitative estimate of drug-likeness (QED) is 0.773. The van der Waals surface area contributed by atoms with Crippen molar-refractivity contribution in [2.75, 3.05) is 6.54 Å². The minimum Gasteiger partial charge on any atom is -0.310 e. The Hall–Kier alpha value is -1.15. The standard InChI is InChI=1S/C12H17NO/c1-10(14)8-9-13-11(2)12-6-4-3-5-7-12/h3-7,11,13H,8-9H2,1-2H3. The molecule has 1 unspecified atom stereocenters. The number of carbonyl (C=O) groups excluding carboxylic acids is 1. The van der Waals surface area contributed by atoms with Crippen LogP contribution in [0.2, 0.25) is 0 Å². The first-order valence-corrected chi connectivity index (χ1v) is 4.98. The smallest absolute Gasteiger partial charge is 0.131 e. The highest BCUT2D eigenvalue weighted by Gasteiger charge is 2.03. The van der Waals surface area contributed by atoms with Gasteiger partial charge in [0.25, 0.3) is 0 Å². The Labute approximate surface area is 85.3 Å². The van der Waals surface area contributed by atoms with E-state index in [2.05, 4.69) is 24.4 Å². The summed E-state index contributed by atoms with van der Waals surface area (Å²) in [4.78, 5) is 10.7. The summed E-state index contributed by atoms with van der Waals surface area (Å²) < 4.78 is 0. The van der Waals surface area contributed by atoms with Gasteiger partial charge in [0.2, 0.25) is 0 Å². The van der Waals surface area contributed by atoms with Crippen LogP contribution in [0.25, 0.3) is 0 Å². The second kappa shape index (κ2) is 5.55. The lowest BCUT2D eigenvalue weighted by molar-refractivity contribution is -0.116. The zero-order valence-corrected chi connectivity index (χ0v) is 8.79. The van der Waals surface area contributed by atoms with E-state index >= 15 is 0 Å². The highest BCUT2D eigenvalue weighted by atomic mass is 16.1. The molecule has 0 heterocycles. The molecule has 0 bridgehead atoms. The van der Waals surface area contributed by atoms with Crippen LogP contribution >= 0.6 is 0 Å². The Bertz CT molecular complexity index is 282. The fraction of sp³-hybridized carbons (Fsp3) is 0.417. The summed E-state index contributed by atoms with van der Waals surface area (Å²) >= 11 is 0. The third-order valence-corrected chi connectivity index (χ3v) is 2.23. The third-order valence-electron chi connectivity index (χ3n) is 2.23. The second-order valence-electron chi connectivity index (χ2n) is 3.54. The molecule has 1 atom stereocenters. The van der Waals surface area contributed by atoms with Crippen molar-refractivity contribution in [2.45, 2.75) is 26.3 Å². The van der Waals surface area contributed by atoms with Gasteiger partial charge in [-0.05, 0) is 19.4 Å². The number of Topliss-reactive ketones (excluding diaryl/α,β-unsaturated/α-hetero) is 1. The predicted octanol–water partition coefficient (Wildman–Crippen LogP) is 2.32. The maximum absolute atomic E-state index is 10.7. The van der Waals surface area contributed by atoms with Crippen molar-refractivity contribution in [2.24, 2.45) is 0 Å². The molecule has 0 aliphatic carbocycles. The number of hydrogen-bond donors (Lipinski definition) is 1. The SMILES string of the molecule is CC(=O)CCNC(C)c1ccccc1. The van der Waals surface area contributed by atoms with E-state index in [4.69, 9.17) is 0 Å². The van der Waals surface area contributed by atoms with Gasteiger partial charge in [0.15, 0.2) is 0 Å². The van der Waals surface area contributed by atoms with Gasteiger partial charge in [-0.1, -0.05) is 30.3 Å². The van der Waals surface area contributed by atoms with Gasteiger partial charge in [-0.25, -0.2) is 0 Å². The number of nitrogens with one attached hydrogen (secondary N) is 1. The summed E-state index contributed by atoms with van der Waals surface area (Å²) in [5.74, 6) is 0.234. The molecule has 0 aromatic heterocycles. The molecule has 0 aliphatic rings. The Morgan fingerprint density at radius 2 is 2.00 bits per heavy atom. The van der Waals surface area contributed by atoms with E-state index in [1.165, 1.54) is 5.56 Å². The highest BCUT2D eigenvalue weighted by molar-refractivity contribution is 5.75. The zero-order valence-electron chi connectivity index (χ0n) is 8.79. The monoisotopic (exact) mass is 191 g/mol. The largest absolute Gasteiger partial charge is 0.310 e. The minimum absolute atomic E-state index is 0.234. The van der Waals surface area contributed by atoms with Crippen LogP contribution in [-0.2, 0) is 4.79 Å². The second-order valence-corrected chi connectivity index (χ2v) is 3.54. The maximum Gasteiger partial charge on any atom is 0.131 e. The molecule has 0 saturated heterocycles. The molecule has 0 amide bonds. The minimum atomic E-state index is 0.234. The first-order chi connectivity index (χ1) is 6.70. The molecule has 2 nitrogen and oxygen atoms in total.